The summed E-state index contributed by atoms with van der Waals surface area (Å²) in [5.41, 5.74) is 3.33. The Hall–Kier alpha value is -3.13. The standard InChI is InChI=1S/C22H24N2O3/c1-4-7-21(25)24(16(2)22(26)27-3)15-17-10-12-18(13-11-17)20-9-6-5-8-19(20)14-23/h5-6,8-13,16H,4,7,15H2,1-3H3/t16-/m0/s1. The molecule has 2 aromatic rings. The smallest absolute Gasteiger partial charge is 0.328 e. The number of benzene rings is 2. The molecule has 0 bridgehead atoms. The van der Waals surface area contributed by atoms with Crippen LogP contribution in [-0.4, -0.2) is 29.9 Å². The highest BCUT2D eigenvalue weighted by atomic mass is 16.5. The van der Waals surface area contributed by atoms with Crippen LogP contribution in [0, 0.1) is 11.3 Å². The zero-order valence-corrected chi connectivity index (χ0v) is 15.9. The van der Waals surface area contributed by atoms with E-state index in [2.05, 4.69) is 6.07 Å². The van der Waals surface area contributed by atoms with Gasteiger partial charge >= 0.3 is 5.97 Å². The monoisotopic (exact) mass is 364 g/mol. The lowest BCUT2D eigenvalue weighted by molar-refractivity contribution is -0.152. The van der Waals surface area contributed by atoms with Gasteiger partial charge in [0.15, 0.2) is 0 Å². The van der Waals surface area contributed by atoms with Gasteiger partial charge in [-0.1, -0.05) is 49.4 Å². The van der Waals surface area contributed by atoms with Crippen molar-refractivity contribution in [2.45, 2.75) is 39.3 Å². The van der Waals surface area contributed by atoms with E-state index in [1.807, 2.05) is 49.4 Å². The summed E-state index contributed by atoms with van der Waals surface area (Å²) in [6.45, 7) is 3.94. The van der Waals surface area contributed by atoms with Gasteiger partial charge in [0.2, 0.25) is 5.91 Å². The lowest BCUT2D eigenvalue weighted by Gasteiger charge is -2.27. The van der Waals surface area contributed by atoms with Crippen LogP contribution in [0.5, 0.6) is 0 Å². The molecule has 2 rings (SSSR count). The first-order valence-electron chi connectivity index (χ1n) is 8.97. The lowest BCUT2D eigenvalue weighted by Crippen LogP contribution is -2.43. The third-order valence-electron chi connectivity index (χ3n) is 4.46. The molecule has 1 amide bonds. The Morgan fingerprint density at radius 3 is 2.41 bits per heavy atom. The second-order valence-corrected chi connectivity index (χ2v) is 6.33. The molecule has 1 atom stereocenters. The van der Waals surface area contributed by atoms with Gasteiger partial charge in [-0.3, -0.25) is 4.79 Å². The van der Waals surface area contributed by atoms with Crippen molar-refractivity contribution in [3.8, 4) is 17.2 Å². The van der Waals surface area contributed by atoms with Gasteiger partial charge in [-0.2, -0.15) is 5.26 Å². The molecule has 0 saturated heterocycles. The summed E-state index contributed by atoms with van der Waals surface area (Å²) in [6.07, 6.45) is 1.10. The van der Waals surface area contributed by atoms with Gasteiger partial charge in [-0.25, -0.2) is 4.79 Å². The molecule has 2 aromatic carbocycles. The van der Waals surface area contributed by atoms with E-state index in [-0.39, 0.29) is 5.91 Å². The second kappa shape index (κ2) is 9.54. The Balaban J connectivity index is 2.25. The van der Waals surface area contributed by atoms with Gasteiger partial charge in [0.25, 0.3) is 0 Å². The van der Waals surface area contributed by atoms with Crippen LogP contribution in [0.3, 0.4) is 0 Å². The SMILES string of the molecule is CCCC(=O)N(Cc1ccc(-c2ccccc2C#N)cc1)[C@@H](C)C(=O)OC. The summed E-state index contributed by atoms with van der Waals surface area (Å²) >= 11 is 0. The first-order valence-corrected chi connectivity index (χ1v) is 8.97. The molecule has 0 spiro atoms. The molecule has 0 aromatic heterocycles. The quantitative estimate of drug-likeness (QED) is 0.698. The number of carbonyl (C=O) groups is 2. The molecular weight excluding hydrogens is 340 g/mol. The van der Waals surface area contributed by atoms with E-state index in [1.54, 1.807) is 17.9 Å². The van der Waals surface area contributed by atoms with Gasteiger partial charge in [-0.15, -0.1) is 0 Å². The summed E-state index contributed by atoms with van der Waals surface area (Å²) in [7, 11) is 1.32. The minimum absolute atomic E-state index is 0.0747. The molecular formula is C22H24N2O3. The first-order chi connectivity index (χ1) is 13.0. The molecule has 0 saturated carbocycles. The Bertz CT molecular complexity index is 837. The number of hydrogen-bond acceptors (Lipinski definition) is 4. The molecule has 0 aliphatic heterocycles. The number of nitrogens with zero attached hydrogens (tertiary/aromatic N) is 2. The fraction of sp³-hybridized carbons (Fsp3) is 0.318. The Morgan fingerprint density at radius 1 is 1.15 bits per heavy atom. The maximum Gasteiger partial charge on any atom is 0.328 e. The highest BCUT2D eigenvalue weighted by Crippen LogP contribution is 2.24. The van der Waals surface area contributed by atoms with Crippen molar-refractivity contribution < 1.29 is 14.3 Å². The van der Waals surface area contributed by atoms with Crippen LogP contribution in [0.25, 0.3) is 11.1 Å². The molecule has 140 valence electrons. The first kappa shape index (κ1) is 20.2. The summed E-state index contributed by atoms with van der Waals surface area (Å²) < 4.78 is 4.80. The number of hydrogen-bond donors (Lipinski definition) is 0. The highest BCUT2D eigenvalue weighted by molar-refractivity contribution is 5.84. The molecule has 5 heteroatoms. The summed E-state index contributed by atoms with van der Waals surface area (Å²) in [5.74, 6) is -0.506. The van der Waals surface area contributed by atoms with E-state index in [4.69, 9.17) is 4.74 Å². The van der Waals surface area contributed by atoms with Crippen molar-refractivity contribution in [3.63, 3.8) is 0 Å². The zero-order chi connectivity index (χ0) is 19.8. The molecule has 0 N–H and O–H groups in total. The minimum Gasteiger partial charge on any atom is -0.467 e. The number of nitriles is 1. The fourth-order valence-electron chi connectivity index (χ4n) is 2.92. The van der Waals surface area contributed by atoms with Crippen LogP contribution in [0.2, 0.25) is 0 Å². The van der Waals surface area contributed by atoms with Crippen LogP contribution in [0.4, 0.5) is 0 Å². The summed E-state index contributed by atoms with van der Waals surface area (Å²) in [6, 6.07) is 16.7. The fourth-order valence-corrected chi connectivity index (χ4v) is 2.92. The van der Waals surface area contributed by atoms with Crippen LogP contribution in [0.15, 0.2) is 48.5 Å². The van der Waals surface area contributed by atoms with E-state index < -0.39 is 12.0 Å². The topological polar surface area (TPSA) is 70.4 Å². The van der Waals surface area contributed by atoms with Crippen molar-refractivity contribution in [3.05, 3.63) is 59.7 Å². The number of methoxy groups -OCH3 is 1. The minimum atomic E-state index is -0.645. The van der Waals surface area contributed by atoms with E-state index in [9.17, 15) is 14.9 Å². The van der Waals surface area contributed by atoms with Crippen LogP contribution in [-0.2, 0) is 20.9 Å². The van der Waals surface area contributed by atoms with Crippen molar-refractivity contribution >= 4 is 11.9 Å². The maximum absolute atomic E-state index is 12.5. The van der Waals surface area contributed by atoms with E-state index >= 15 is 0 Å². The number of esters is 1. The second-order valence-electron chi connectivity index (χ2n) is 6.33. The van der Waals surface area contributed by atoms with Gasteiger partial charge in [0.1, 0.15) is 6.04 Å². The molecule has 0 aliphatic rings. The van der Waals surface area contributed by atoms with Crippen LogP contribution in [0.1, 0.15) is 37.8 Å². The van der Waals surface area contributed by atoms with E-state index in [0.717, 1.165) is 16.7 Å². The summed E-state index contributed by atoms with van der Waals surface area (Å²) in [4.78, 5) is 25.9. The van der Waals surface area contributed by atoms with Gasteiger partial charge in [0, 0.05) is 13.0 Å². The predicted octanol–water partition coefficient (Wildman–Crippen LogP) is 3.92. The maximum atomic E-state index is 12.5. The molecule has 0 aliphatic carbocycles. The Kier molecular flexibility index (Phi) is 7.13. The number of rotatable bonds is 7. The predicted molar refractivity (Wildman–Crippen MR) is 104 cm³/mol. The van der Waals surface area contributed by atoms with E-state index in [0.29, 0.717) is 24.9 Å². The normalized spacial score (nSPS) is 11.3. The lowest BCUT2D eigenvalue weighted by atomic mass is 9.99. The number of ether oxygens (including phenoxy) is 1. The third-order valence-corrected chi connectivity index (χ3v) is 4.46. The molecule has 5 nitrogen and oxygen atoms in total. The van der Waals surface area contributed by atoms with Crippen LogP contribution < -0.4 is 0 Å². The largest absolute Gasteiger partial charge is 0.467 e. The molecule has 0 fully saturated rings. The average molecular weight is 364 g/mol. The average Bonchev–Trinajstić information content (AvgIpc) is 2.71. The zero-order valence-electron chi connectivity index (χ0n) is 15.9. The number of amides is 1. The van der Waals surface area contributed by atoms with Gasteiger partial charge in [-0.05, 0) is 36.1 Å². The van der Waals surface area contributed by atoms with Crippen molar-refractivity contribution in [2.24, 2.45) is 0 Å². The van der Waals surface area contributed by atoms with Crippen molar-refractivity contribution in [1.29, 1.82) is 5.26 Å². The highest BCUT2D eigenvalue weighted by Gasteiger charge is 2.26. The Labute approximate surface area is 160 Å². The molecule has 0 unspecified atom stereocenters. The summed E-state index contributed by atoms with van der Waals surface area (Å²) in [5, 5.41) is 9.26. The van der Waals surface area contributed by atoms with E-state index in [1.165, 1.54) is 7.11 Å². The van der Waals surface area contributed by atoms with Crippen molar-refractivity contribution in [1.82, 2.24) is 4.90 Å². The van der Waals surface area contributed by atoms with Crippen molar-refractivity contribution in [2.75, 3.05) is 7.11 Å². The van der Waals surface area contributed by atoms with Gasteiger partial charge in [0.05, 0.1) is 18.7 Å². The third kappa shape index (κ3) is 4.95. The molecule has 27 heavy (non-hydrogen) atoms. The van der Waals surface area contributed by atoms with Crippen LogP contribution >= 0.6 is 0 Å². The Morgan fingerprint density at radius 2 is 1.81 bits per heavy atom. The molecule has 0 heterocycles. The number of carbonyl (C=O) groups excluding carboxylic acids is 2. The molecule has 0 radical (unpaired) electrons. The van der Waals surface area contributed by atoms with Gasteiger partial charge < -0.3 is 9.64 Å².